The van der Waals surface area contributed by atoms with Crippen LogP contribution in [-0.4, -0.2) is 54.3 Å². The van der Waals surface area contributed by atoms with Crippen LogP contribution < -0.4 is 5.32 Å². The van der Waals surface area contributed by atoms with Crippen LogP contribution in [0, 0.1) is 11.8 Å². The van der Waals surface area contributed by atoms with Gasteiger partial charge in [-0.05, 0) is 55.3 Å². The van der Waals surface area contributed by atoms with E-state index in [1.165, 1.54) is 19.5 Å². The molecule has 2 heterocycles. The summed E-state index contributed by atoms with van der Waals surface area (Å²) in [7, 11) is 0. The van der Waals surface area contributed by atoms with Gasteiger partial charge in [0.1, 0.15) is 0 Å². The topological polar surface area (TPSA) is 52.7 Å². The molecule has 0 saturated carbocycles. The lowest BCUT2D eigenvalue weighted by Crippen LogP contribution is -2.40. The fourth-order valence-electron chi connectivity index (χ4n) is 4.43. The highest BCUT2D eigenvalue weighted by Crippen LogP contribution is 2.20. The number of nitrogens with one attached hydrogen (secondary N) is 1. The fourth-order valence-corrected chi connectivity index (χ4v) is 4.43. The molecule has 0 aromatic heterocycles. The second kappa shape index (κ2) is 9.36. The number of benzene rings is 1. The zero-order valence-electron chi connectivity index (χ0n) is 16.7. The number of carbonyl (C=O) groups excluding carboxylic acids is 2. The summed E-state index contributed by atoms with van der Waals surface area (Å²) in [6.45, 7) is 10.3. The van der Waals surface area contributed by atoms with E-state index in [0.29, 0.717) is 25.1 Å². The molecular formula is C22H33N3O2. The number of likely N-dealkylation sites (tertiary alicyclic amines) is 2. The maximum atomic E-state index is 12.3. The second-order valence-electron chi connectivity index (χ2n) is 8.43. The molecule has 2 aliphatic heterocycles. The summed E-state index contributed by atoms with van der Waals surface area (Å²) in [5, 5.41) is 3.03. The van der Waals surface area contributed by atoms with Crippen LogP contribution >= 0.6 is 0 Å². The van der Waals surface area contributed by atoms with Crippen LogP contribution in [0.3, 0.4) is 0 Å². The normalized spacial score (nSPS) is 23.6. The Morgan fingerprint density at radius 1 is 1.15 bits per heavy atom. The molecule has 0 radical (unpaired) electrons. The van der Waals surface area contributed by atoms with Gasteiger partial charge in [-0.25, -0.2) is 0 Å². The van der Waals surface area contributed by atoms with Gasteiger partial charge in [0.2, 0.25) is 5.91 Å². The van der Waals surface area contributed by atoms with Gasteiger partial charge in [-0.1, -0.05) is 26.0 Å². The summed E-state index contributed by atoms with van der Waals surface area (Å²) in [4.78, 5) is 28.4. The van der Waals surface area contributed by atoms with Gasteiger partial charge in [0.05, 0.1) is 0 Å². The number of rotatable bonds is 7. The molecule has 3 rings (SSSR count). The number of nitrogens with zero attached hydrogens (tertiary/aromatic N) is 2. The average molecular weight is 372 g/mol. The summed E-state index contributed by atoms with van der Waals surface area (Å²) >= 11 is 0. The maximum Gasteiger partial charge on any atom is 0.251 e. The molecule has 5 heteroatoms. The third kappa shape index (κ3) is 5.80. The molecular weight excluding hydrogens is 338 g/mol. The molecule has 0 aliphatic carbocycles. The molecule has 148 valence electrons. The van der Waals surface area contributed by atoms with E-state index in [0.717, 1.165) is 43.3 Å². The molecule has 1 aromatic carbocycles. The monoisotopic (exact) mass is 371 g/mol. The van der Waals surface area contributed by atoms with E-state index in [-0.39, 0.29) is 11.8 Å². The van der Waals surface area contributed by atoms with E-state index >= 15 is 0 Å². The van der Waals surface area contributed by atoms with E-state index in [1.54, 1.807) is 0 Å². The quantitative estimate of drug-likeness (QED) is 0.750. The molecule has 0 spiro atoms. The minimum Gasteiger partial charge on any atom is -0.352 e. The Morgan fingerprint density at radius 3 is 2.48 bits per heavy atom. The maximum absolute atomic E-state index is 12.3. The third-order valence-electron chi connectivity index (χ3n) is 5.64. The summed E-state index contributed by atoms with van der Waals surface area (Å²) < 4.78 is 0. The third-order valence-corrected chi connectivity index (χ3v) is 5.64. The first kappa shape index (κ1) is 19.9. The highest BCUT2D eigenvalue weighted by molar-refractivity contribution is 5.94. The summed E-state index contributed by atoms with van der Waals surface area (Å²) in [6, 6.07) is 7.63. The Morgan fingerprint density at radius 2 is 1.85 bits per heavy atom. The first-order valence-corrected chi connectivity index (χ1v) is 10.4. The number of amides is 2. The fraction of sp³-hybridized carbons (Fsp3) is 0.636. The van der Waals surface area contributed by atoms with E-state index in [2.05, 4.69) is 24.1 Å². The second-order valence-corrected chi connectivity index (χ2v) is 8.43. The van der Waals surface area contributed by atoms with Crippen molar-refractivity contribution in [2.24, 2.45) is 11.8 Å². The van der Waals surface area contributed by atoms with Crippen molar-refractivity contribution in [3.63, 3.8) is 0 Å². The van der Waals surface area contributed by atoms with Crippen molar-refractivity contribution in [1.29, 1.82) is 0 Å². The van der Waals surface area contributed by atoms with Crippen molar-refractivity contribution in [2.75, 3.05) is 32.7 Å². The lowest BCUT2D eigenvalue weighted by atomic mass is 9.92. The standard InChI is InChI=1S/C22H33N3O2/c1-17-13-18(2)15-24(14-17)11-4-10-23-22(27)20-8-6-19(7-9-20)16-25-12-3-5-21(25)26/h6-9,17-18H,3-5,10-16H2,1-2H3,(H,23,27)/t17-,18-/m0/s1. The molecule has 2 saturated heterocycles. The smallest absolute Gasteiger partial charge is 0.251 e. The first-order chi connectivity index (χ1) is 13.0. The minimum absolute atomic E-state index is 0.0146. The predicted octanol–water partition coefficient (Wildman–Crippen LogP) is 2.91. The van der Waals surface area contributed by atoms with Gasteiger partial charge in [-0.15, -0.1) is 0 Å². The Labute approximate surface area is 163 Å². The molecule has 0 bridgehead atoms. The largest absolute Gasteiger partial charge is 0.352 e. The summed E-state index contributed by atoms with van der Waals surface area (Å²) in [5.41, 5.74) is 1.77. The number of hydrogen-bond acceptors (Lipinski definition) is 3. The van der Waals surface area contributed by atoms with Gasteiger partial charge in [-0.2, -0.15) is 0 Å². The van der Waals surface area contributed by atoms with Crippen molar-refractivity contribution in [3.8, 4) is 0 Å². The van der Waals surface area contributed by atoms with Gasteiger partial charge in [0.25, 0.3) is 5.91 Å². The van der Waals surface area contributed by atoms with Crippen molar-refractivity contribution in [3.05, 3.63) is 35.4 Å². The highest BCUT2D eigenvalue weighted by atomic mass is 16.2. The zero-order valence-corrected chi connectivity index (χ0v) is 16.7. The molecule has 1 N–H and O–H groups in total. The van der Waals surface area contributed by atoms with E-state index in [4.69, 9.17) is 0 Å². The lowest BCUT2D eigenvalue weighted by Gasteiger charge is -2.34. The minimum atomic E-state index is -0.0146. The average Bonchev–Trinajstić information content (AvgIpc) is 3.03. The number of carbonyl (C=O) groups is 2. The van der Waals surface area contributed by atoms with E-state index < -0.39 is 0 Å². The molecule has 2 fully saturated rings. The highest BCUT2D eigenvalue weighted by Gasteiger charge is 2.21. The van der Waals surface area contributed by atoms with E-state index in [9.17, 15) is 9.59 Å². The van der Waals surface area contributed by atoms with Crippen LogP contribution in [0.4, 0.5) is 0 Å². The zero-order chi connectivity index (χ0) is 19.2. The molecule has 2 amide bonds. The number of piperidine rings is 1. The Balaban J connectivity index is 1.38. The lowest BCUT2D eigenvalue weighted by molar-refractivity contribution is -0.128. The first-order valence-electron chi connectivity index (χ1n) is 10.4. The van der Waals surface area contributed by atoms with Gasteiger partial charge >= 0.3 is 0 Å². The van der Waals surface area contributed by atoms with Crippen LogP contribution in [0.15, 0.2) is 24.3 Å². The van der Waals surface area contributed by atoms with Crippen molar-refractivity contribution in [1.82, 2.24) is 15.1 Å². The van der Waals surface area contributed by atoms with Crippen LogP contribution in [0.2, 0.25) is 0 Å². The summed E-state index contributed by atoms with van der Waals surface area (Å²) in [6.07, 6.45) is 3.93. The molecule has 2 aliphatic rings. The van der Waals surface area contributed by atoms with Gasteiger partial charge in [0, 0.05) is 44.7 Å². The number of hydrogen-bond donors (Lipinski definition) is 1. The Hall–Kier alpha value is -1.88. The molecule has 0 unspecified atom stereocenters. The van der Waals surface area contributed by atoms with Crippen LogP contribution in [0.25, 0.3) is 0 Å². The van der Waals surface area contributed by atoms with Crippen molar-refractivity contribution < 1.29 is 9.59 Å². The molecule has 1 aromatic rings. The van der Waals surface area contributed by atoms with Gasteiger partial charge in [-0.3, -0.25) is 9.59 Å². The van der Waals surface area contributed by atoms with Crippen LogP contribution in [0.5, 0.6) is 0 Å². The molecule has 2 atom stereocenters. The molecule has 5 nitrogen and oxygen atoms in total. The van der Waals surface area contributed by atoms with Crippen molar-refractivity contribution in [2.45, 2.75) is 46.1 Å². The Bertz CT molecular complexity index is 633. The van der Waals surface area contributed by atoms with Gasteiger partial charge in [0.15, 0.2) is 0 Å². The SMILES string of the molecule is C[C@H]1C[C@H](C)CN(CCCNC(=O)c2ccc(CN3CCCC3=O)cc2)C1. The summed E-state index contributed by atoms with van der Waals surface area (Å²) in [5.74, 6) is 1.77. The van der Waals surface area contributed by atoms with Crippen LogP contribution in [-0.2, 0) is 11.3 Å². The van der Waals surface area contributed by atoms with Crippen molar-refractivity contribution >= 4 is 11.8 Å². The van der Waals surface area contributed by atoms with E-state index in [1.807, 2.05) is 29.2 Å². The molecule has 27 heavy (non-hydrogen) atoms. The predicted molar refractivity (Wildman–Crippen MR) is 107 cm³/mol. The van der Waals surface area contributed by atoms with Gasteiger partial charge < -0.3 is 15.1 Å². The Kier molecular flexibility index (Phi) is 6.89. The van der Waals surface area contributed by atoms with Crippen LogP contribution in [0.1, 0.15) is 55.5 Å².